The first-order valence-electron chi connectivity index (χ1n) is 12.3. The summed E-state index contributed by atoms with van der Waals surface area (Å²) in [5.74, 6) is 1.18. The molecule has 3 aromatic rings. The van der Waals surface area contributed by atoms with E-state index in [0.717, 1.165) is 56.6 Å². The minimum atomic E-state index is -2.51. The van der Waals surface area contributed by atoms with Gasteiger partial charge in [-0.25, -0.2) is 9.97 Å². The fourth-order valence-corrected chi connectivity index (χ4v) is 6.34. The lowest BCUT2D eigenvalue weighted by Crippen LogP contribution is -2.33. The zero-order valence-electron chi connectivity index (χ0n) is 21.3. The van der Waals surface area contributed by atoms with Gasteiger partial charge < -0.3 is 29.6 Å². The Balaban J connectivity index is 1.39. The van der Waals surface area contributed by atoms with Gasteiger partial charge in [0.1, 0.15) is 17.9 Å². The Labute approximate surface area is 222 Å². The molecule has 0 unspecified atom stereocenters. The zero-order valence-corrected chi connectivity index (χ0v) is 23.0. The molecular weight excluding hydrogens is 511 g/mol. The Morgan fingerprint density at radius 1 is 1.08 bits per heavy atom. The SMILES string of the molecule is COc1ncc(N2CCC3(CCOCC3)C2)cc1Nc1ncc(Cl)c(Nc2ccccc2P(C)(C)=O)n1. The van der Waals surface area contributed by atoms with E-state index in [9.17, 15) is 4.57 Å². The number of nitrogens with one attached hydrogen (secondary N) is 2. The number of halogens is 1. The third-order valence-corrected chi connectivity index (χ3v) is 8.94. The van der Waals surface area contributed by atoms with Crippen LogP contribution in [0, 0.1) is 5.41 Å². The largest absolute Gasteiger partial charge is 0.480 e. The number of methoxy groups -OCH3 is 1. The molecule has 4 heterocycles. The van der Waals surface area contributed by atoms with Crippen LogP contribution >= 0.6 is 18.7 Å². The number of pyridine rings is 1. The van der Waals surface area contributed by atoms with Crippen molar-refractivity contribution < 1.29 is 14.0 Å². The van der Waals surface area contributed by atoms with E-state index in [-0.39, 0.29) is 0 Å². The van der Waals surface area contributed by atoms with Crippen LogP contribution in [0.1, 0.15) is 19.3 Å². The lowest BCUT2D eigenvalue weighted by molar-refractivity contribution is 0.0254. The average molecular weight is 543 g/mol. The summed E-state index contributed by atoms with van der Waals surface area (Å²) >= 11 is 6.42. The number of hydrogen-bond donors (Lipinski definition) is 2. The lowest BCUT2D eigenvalue weighted by Gasteiger charge is -2.33. The van der Waals surface area contributed by atoms with E-state index in [0.29, 0.717) is 39.5 Å². The molecule has 9 nitrogen and oxygen atoms in total. The maximum atomic E-state index is 12.8. The van der Waals surface area contributed by atoms with Gasteiger partial charge in [-0.2, -0.15) is 4.98 Å². The third kappa shape index (κ3) is 5.69. The van der Waals surface area contributed by atoms with E-state index in [1.54, 1.807) is 20.4 Å². The second-order valence-electron chi connectivity index (χ2n) is 10.0. The summed E-state index contributed by atoms with van der Waals surface area (Å²) in [4.78, 5) is 15.9. The molecular formula is C26H32ClN6O3P. The fraction of sp³-hybridized carbons (Fsp3) is 0.423. The monoisotopic (exact) mass is 542 g/mol. The van der Waals surface area contributed by atoms with Crippen molar-refractivity contribution in [2.24, 2.45) is 5.41 Å². The highest BCUT2D eigenvalue weighted by atomic mass is 35.5. The van der Waals surface area contributed by atoms with E-state index in [1.165, 1.54) is 6.20 Å². The molecule has 0 aliphatic carbocycles. The molecule has 2 fully saturated rings. The Morgan fingerprint density at radius 2 is 1.86 bits per heavy atom. The van der Waals surface area contributed by atoms with Gasteiger partial charge in [-0.15, -0.1) is 0 Å². The molecule has 2 N–H and O–H groups in total. The van der Waals surface area contributed by atoms with Gasteiger partial charge in [0.25, 0.3) is 0 Å². The summed E-state index contributed by atoms with van der Waals surface area (Å²) in [6.45, 7) is 7.12. The van der Waals surface area contributed by atoms with Crippen LogP contribution < -0.4 is 25.6 Å². The minimum absolute atomic E-state index is 0.322. The molecule has 37 heavy (non-hydrogen) atoms. The number of nitrogens with zero attached hydrogens (tertiary/aromatic N) is 4. The second kappa shape index (κ2) is 10.5. The smallest absolute Gasteiger partial charge is 0.237 e. The number of ether oxygens (including phenoxy) is 2. The van der Waals surface area contributed by atoms with Crippen molar-refractivity contribution in [3.8, 4) is 5.88 Å². The summed E-state index contributed by atoms with van der Waals surface area (Å²) in [6, 6.07) is 9.47. The maximum Gasteiger partial charge on any atom is 0.237 e. The Bertz CT molecular complexity index is 1330. The Kier molecular flexibility index (Phi) is 7.30. The third-order valence-electron chi connectivity index (χ3n) is 7.11. The Hall–Kier alpha value is -2.87. The first-order chi connectivity index (χ1) is 17.8. The number of benzene rings is 1. The molecule has 196 valence electrons. The first kappa shape index (κ1) is 25.8. The molecule has 0 bridgehead atoms. The molecule has 11 heteroatoms. The molecule has 2 aliphatic rings. The van der Waals surface area contributed by atoms with Crippen LogP contribution in [-0.4, -0.2) is 61.7 Å². The summed E-state index contributed by atoms with van der Waals surface area (Å²) in [5.41, 5.74) is 2.70. The zero-order chi connectivity index (χ0) is 26.0. The first-order valence-corrected chi connectivity index (χ1v) is 15.3. The van der Waals surface area contributed by atoms with Crippen LogP contribution in [0.5, 0.6) is 5.88 Å². The van der Waals surface area contributed by atoms with Gasteiger partial charge in [-0.1, -0.05) is 23.7 Å². The van der Waals surface area contributed by atoms with E-state index in [4.69, 9.17) is 21.1 Å². The fourth-order valence-electron chi connectivity index (χ4n) is 5.05. The molecule has 2 saturated heterocycles. The van der Waals surface area contributed by atoms with Crippen molar-refractivity contribution >= 4 is 52.9 Å². The van der Waals surface area contributed by atoms with Crippen molar-refractivity contribution in [1.29, 1.82) is 0 Å². The van der Waals surface area contributed by atoms with E-state index < -0.39 is 7.14 Å². The second-order valence-corrected chi connectivity index (χ2v) is 13.6. The average Bonchev–Trinajstić information content (AvgIpc) is 3.29. The number of para-hydroxylation sites is 1. The van der Waals surface area contributed by atoms with Gasteiger partial charge in [0.05, 0.1) is 30.9 Å². The molecule has 2 aliphatic heterocycles. The van der Waals surface area contributed by atoms with E-state index >= 15 is 0 Å². The highest BCUT2D eigenvalue weighted by Crippen LogP contribution is 2.42. The molecule has 5 rings (SSSR count). The highest BCUT2D eigenvalue weighted by molar-refractivity contribution is 7.70. The van der Waals surface area contributed by atoms with Gasteiger partial charge in [0, 0.05) is 31.6 Å². The predicted molar refractivity (Wildman–Crippen MR) is 149 cm³/mol. The van der Waals surface area contributed by atoms with Crippen molar-refractivity contribution in [3.05, 3.63) is 47.7 Å². The molecule has 0 radical (unpaired) electrons. The molecule has 1 spiro atoms. The number of hydrogen-bond acceptors (Lipinski definition) is 9. The molecule has 0 amide bonds. The van der Waals surface area contributed by atoms with Gasteiger partial charge in [-0.3, -0.25) is 0 Å². The summed E-state index contributed by atoms with van der Waals surface area (Å²) < 4.78 is 23.9. The van der Waals surface area contributed by atoms with Crippen molar-refractivity contribution in [3.63, 3.8) is 0 Å². The van der Waals surface area contributed by atoms with Crippen LogP contribution in [0.25, 0.3) is 0 Å². The topological polar surface area (TPSA) is 102 Å². The summed E-state index contributed by atoms with van der Waals surface area (Å²) in [6.07, 6.45) is 6.73. The highest BCUT2D eigenvalue weighted by Gasteiger charge is 2.39. The quantitative estimate of drug-likeness (QED) is 0.386. The molecule has 1 aromatic carbocycles. The van der Waals surface area contributed by atoms with Crippen LogP contribution in [-0.2, 0) is 9.30 Å². The van der Waals surface area contributed by atoms with E-state index in [2.05, 4.69) is 30.5 Å². The van der Waals surface area contributed by atoms with Crippen LogP contribution in [0.15, 0.2) is 42.7 Å². The normalized spacial score (nSPS) is 17.1. The Morgan fingerprint density at radius 3 is 2.62 bits per heavy atom. The molecule has 0 saturated carbocycles. The lowest BCUT2D eigenvalue weighted by atomic mass is 9.80. The van der Waals surface area contributed by atoms with E-state index in [1.807, 2.05) is 36.5 Å². The van der Waals surface area contributed by atoms with Crippen molar-refractivity contribution in [1.82, 2.24) is 15.0 Å². The van der Waals surface area contributed by atoms with Crippen LogP contribution in [0.2, 0.25) is 5.02 Å². The van der Waals surface area contributed by atoms with Crippen molar-refractivity contribution in [2.45, 2.75) is 19.3 Å². The minimum Gasteiger partial charge on any atom is -0.480 e. The number of anilines is 5. The summed E-state index contributed by atoms with van der Waals surface area (Å²) in [7, 11) is -0.931. The van der Waals surface area contributed by atoms with Gasteiger partial charge in [0.15, 0.2) is 5.82 Å². The van der Waals surface area contributed by atoms with Crippen LogP contribution in [0.4, 0.5) is 28.8 Å². The molecule has 0 atom stereocenters. The van der Waals surface area contributed by atoms with Gasteiger partial charge in [-0.05, 0) is 56.2 Å². The number of aromatic nitrogens is 3. The number of rotatable bonds is 7. The maximum absolute atomic E-state index is 12.8. The van der Waals surface area contributed by atoms with Crippen LogP contribution in [0.3, 0.4) is 0 Å². The predicted octanol–water partition coefficient (Wildman–Crippen LogP) is 5.28. The van der Waals surface area contributed by atoms with Gasteiger partial charge >= 0.3 is 0 Å². The molecule has 2 aromatic heterocycles. The van der Waals surface area contributed by atoms with Crippen molar-refractivity contribution in [2.75, 3.05) is 62.3 Å². The van der Waals surface area contributed by atoms with Gasteiger partial charge in [0.2, 0.25) is 11.8 Å². The standard InChI is InChI=1S/C26H32ClN6O3P/c1-35-24-21(14-18(15-28-24)33-11-8-26(17-33)9-12-36-13-10-26)31-25-29-16-19(27)23(32-25)30-20-6-4-5-7-22(20)37(2,3)34/h4-7,14-16H,8-13,17H2,1-3H3,(H2,29,30,31,32). The summed E-state index contributed by atoms with van der Waals surface area (Å²) in [5, 5.41) is 7.55.